The highest BCUT2D eigenvalue weighted by Gasteiger charge is 2.18. The molecule has 1 aromatic carbocycles. The second-order valence-corrected chi connectivity index (χ2v) is 5.59. The molecule has 118 valence electrons. The number of nitrogens with zero attached hydrogens (tertiary/aromatic N) is 1. The van der Waals surface area contributed by atoms with Crippen LogP contribution in [0.2, 0.25) is 0 Å². The second kappa shape index (κ2) is 7.24. The van der Waals surface area contributed by atoms with E-state index in [1.54, 1.807) is 6.92 Å². The summed E-state index contributed by atoms with van der Waals surface area (Å²) >= 11 is 0. The van der Waals surface area contributed by atoms with E-state index in [0.717, 1.165) is 38.1 Å². The fourth-order valence-electron chi connectivity index (χ4n) is 2.58. The molecule has 0 aliphatic carbocycles. The predicted octanol–water partition coefficient (Wildman–Crippen LogP) is 2.21. The van der Waals surface area contributed by atoms with Gasteiger partial charge in [-0.05, 0) is 50.6 Å². The van der Waals surface area contributed by atoms with Crippen molar-refractivity contribution in [1.29, 1.82) is 0 Å². The van der Waals surface area contributed by atoms with E-state index in [1.807, 2.05) is 0 Å². The Kier molecular flexibility index (Phi) is 5.61. The Morgan fingerprint density at radius 3 is 2.33 bits per heavy atom. The zero-order chi connectivity index (χ0) is 15.4. The maximum Gasteiger partial charge on any atom is 0.194 e. The number of nitrogens with one attached hydrogen (secondary N) is 1. The third-order valence-corrected chi connectivity index (χ3v) is 3.83. The molecular weight excluding hydrogens is 281 g/mol. The lowest BCUT2D eigenvalue weighted by Crippen LogP contribution is -2.37. The van der Waals surface area contributed by atoms with Gasteiger partial charge in [0.05, 0.1) is 6.10 Å². The molecule has 1 fully saturated rings. The Balaban J connectivity index is 1.84. The van der Waals surface area contributed by atoms with Crippen LogP contribution < -0.4 is 5.32 Å². The number of benzene rings is 1. The number of hydrogen-bond acceptors (Lipinski definition) is 3. The Morgan fingerprint density at radius 2 is 1.76 bits per heavy atom. The van der Waals surface area contributed by atoms with Gasteiger partial charge < -0.3 is 15.3 Å². The van der Waals surface area contributed by atoms with Gasteiger partial charge in [0.1, 0.15) is 0 Å². The van der Waals surface area contributed by atoms with Crippen LogP contribution >= 0.6 is 0 Å². The summed E-state index contributed by atoms with van der Waals surface area (Å²) in [6.07, 6.45) is 1.77. The molecule has 1 aliphatic heterocycles. The molecule has 2 rings (SSSR count). The Labute approximate surface area is 122 Å². The van der Waals surface area contributed by atoms with Crippen LogP contribution in [0.1, 0.15) is 31.4 Å². The molecule has 1 aromatic rings. The van der Waals surface area contributed by atoms with Gasteiger partial charge >= 0.3 is 0 Å². The van der Waals surface area contributed by atoms with Gasteiger partial charge in [-0.1, -0.05) is 0 Å². The first-order valence-electron chi connectivity index (χ1n) is 7.25. The van der Waals surface area contributed by atoms with E-state index in [0.29, 0.717) is 18.7 Å². The molecule has 0 saturated carbocycles. The minimum Gasteiger partial charge on any atom is -0.390 e. The molecule has 1 aliphatic rings. The van der Waals surface area contributed by atoms with E-state index in [9.17, 15) is 18.3 Å². The summed E-state index contributed by atoms with van der Waals surface area (Å²) in [5.74, 6) is -3.85. The van der Waals surface area contributed by atoms with Crippen LogP contribution in [-0.2, 0) is 0 Å². The Morgan fingerprint density at radius 1 is 1.19 bits per heavy atom. The van der Waals surface area contributed by atoms with Crippen LogP contribution in [0, 0.1) is 17.5 Å². The van der Waals surface area contributed by atoms with Gasteiger partial charge in [0.2, 0.25) is 0 Å². The van der Waals surface area contributed by atoms with Gasteiger partial charge in [0.25, 0.3) is 0 Å². The molecule has 0 bridgehead atoms. The van der Waals surface area contributed by atoms with Gasteiger partial charge in [0.15, 0.2) is 17.5 Å². The summed E-state index contributed by atoms with van der Waals surface area (Å²) in [4.78, 5) is 2.19. The van der Waals surface area contributed by atoms with Crippen LogP contribution in [0.3, 0.4) is 0 Å². The highest BCUT2D eigenvalue weighted by molar-refractivity contribution is 5.22. The molecule has 1 saturated heterocycles. The van der Waals surface area contributed by atoms with Crippen LogP contribution in [-0.4, -0.2) is 42.3 Å². The molecule has 2 N–H and O–H groups in total. The molecule has 2 unspecified atom stereocenters. The fraction of sp³-hybridized carbons (Fsp3) is 0.600. The molecule has 6 heteroatoms. The summed E-state index contributed by atoms with van der Waals surface area (Å²) in [6, 6.07) is 1.58. The lowest BCUT2D eigenvalue weighted by atomic mass is 10.1. The van der Waals surface area contributed by atoms with Crippen LogP contribution in [0.15, 0.2) is 12.1 Å². The van der Waals surface area contributed by atoms with E-state index >= 15 is 0 Å². The molecule has 2 atom stereocenters. The van der Waals surface area contributed by atoms with Crippen molar-refractivity contribution in [2.45, 2.75) is 31.9 Å². The number of likely N-dealkylation sites (tertiary alicyclic amines) is 1. The van der Waals surface area contributed by atoms with Gasteiger partial charge in [-0.2, -0.15) is 0 Å². The van der Waals surface area contributed by atoms with Crippen molar-refractivity contribution in [2.75, 3.05) is 26.2 Å². The normalized spacial score (nSPS) is 18.9. The topological polar surface area (TPSA) is 35.5 Å². The van der Waals surface area contributed by atoms with Crippen molar-refractivity contribution in [3.8, 4) is 0 Å². The highest BCUT2D eigenvalue weighted by Crippen LogP contribution is 2.19. The monoisotopic (exact) mass is 302 g/mol. The zero-order valence-corrected chi connectivity index (χ0v) is 12.1. The Hall–Kier alpha value is -1.11. The summed E-state index contributed by atoms with van der Waals surface area (Å²) in [5, 5.41) is 13.0. The summed E-state index contributed by atoms with van der Waals surface area (Å²) in [7, 11) is 0. The van der Waals surface area contributed by atoms with Crippen molar-refractivity contribution in [1.82, 2.24) is 10.2 Å². The lowest BCUT2D eigenvalue weighted by molar-refractivity contribution is 0.121. The van der Waals surface area contributed by atoms with Crippen LogP contribution in [0.5, 0.6) is 0 Å². The van der Waals surface area contributed by atoms with E-state index in [-0.39, 0.29) is 6.04 Å². The number of rotatable bonds is 6. The van der Waals surface area contributed by atoms with Crippen molar-refractivity contribution in [2.24, 2.45) is 0 Å². The smallest absolute Gasteiger partial charge is 0.194 e. The third-order valence-electron chi connectivity index (χ3n) is 3.83. The van der Waals surface area contributed by atoms with E-state index in [4.69, 9.17) is 0 Å². The average molecular weight is 302 g/mol. The average Bonchev–Trinajstić information content (AvgIpc) is 2.94. The maximum atomic E-state index is 13.2. The van der Waals surface area contributed by atoms with E-state index < -0.39 is 23.6 Å². The molecule has 21 heavy (non-hydrogen) atoms. The predicted molar refractivity (Wildman–Crippen MR) is 74.4 cm³/mol. The van der Waals surface area contributed by atoms with Crippen LogP contribution in [0.25, 0.3) is 0 Å². The van der Waals surface area contributed by atoms with Gasteiger partial charge in [-0.3, -0.25) is 0 Å². The number of aliphatic hydroxyl groups is 1. The fourth-order valence-corrected chi connectivity index (χ4v) is 2.58. The maximum absolute atomic E-state index is 13.2. The lowest BCUT2D eigenvalue weighted by Gasteiger charge is -2.22. The first-order chi connectivity index (χ1) is 9.97. The summed E-state index contributed by atoms with van der Waals surface area (Å²) < 4.78 is 39.2. The van der Waals surface area contributed by atoms with Gasteiger partial charge in [-0.25, -0.2) is 13.2 Å². The quantitative estimate of drug-likeness (QED) is 0.791. The minimum atomic E-state index is -1.46. The van der Waals surface area contributed by atoms with Gasteiger partial charge in [-0.15, -0.1) is 0 Å². The van der Waals surface area contributed by atoms with Crippen LogP contribution in [0.4, 0.5) is 13.2 Å². The molecule has 0 amide bonds. The molecule has 0 radical (unpaired) electrons. The van der Waals surface area contributed by atoms with Crippen molar-refractivity contribution in [3.05, 3.63) is 35.1 Å². The number of β-amino-alcohol motifs (C(OH)–C–C–N with tert-alkyl or cyclic N) is 1. The third kappa shape index (κ3) is 4.43. The number of hydrogen-bond donors (Lipinski definition) is 2. The number of aliphatic hydroxyl groups excluding tert-OH is 1. The molecule has 0 aromatic heterocycles. The molecular formula is C15H21F3N2O. The first kappa shape index (κ1) is 16.3. The van der Waals surface area contributed by atoms with Gasteiger partial charge in [0, 0.05) is 19.1 Å². The molecule has 0 spiro atoms. The number of halogens is 3. The summed E-state index contributed by atoms with van der Waals surface area (Å²) in [5.41, 5.74) is 0.319. The standard InChI is InChI=1S/C15H21F3N2O/c1-10(11-6-13(16)15(18)14(17)7-11)19-8-12(21)9-20-4-2-3-5-20/h6-7,10,12,19,21H,2-5,8-9H2,1H3. The second-order valence-electron chi connectivity index (χ2n) is 5.59. The highest BCUT2D eigenvalue weighted by atomic mass is 19.2. The van der Waals surface area contributed by atoms with E-state index in [2.05, 4.69) is 10.2 Å². The first-order valence-corrected chi connectivity index (χ1v) is 7.25. The van der Waals surface area contributed by atoms with E-state index in [1.165, 1.54) is 0 Å². The SMILES string of the molecule is CC(NCC(O)CN1CCCC1)c1cc(F)c(F)c(F)c1. The van der Waals surface area contributed by atoms with Crippen molar-refractivity contribution >= 4 is 0 Å². The zero-order valence-electron chi connectivity index (χ0n) is 12.1. The summed E-state index contributed by atoms with van der Waals surface area (Å²) in [6.45, 7) is 4.63. The van der Waals surface area contributed by atoms with Crippen molar-refractivity contribution < 1.29 is 18.3 Å². The largest absolute Gasteiger partial charge is 0.390 e. The molecule has 1 heterocycles. The van der Waals surface area contributed by atoms with Crippen molar-refractivity contribution in [3.63, 3.8) is 0 Å². The molecule has 3 nitrogen and oxygen atoms in total. The Bertz CT molecular complexity index is 455. The minimum absolute atomic E-state index is 0.318.